The number of hydrogen-bond donors (Lipinski definition) is 2. The molecule has 0 radical (unpaired) electrons. The third-order valence-electron chi connectivity index (χ3n) is 4.44. The fourth-order valence-electron chi connectivity index (χ4n) is 3.54. The lowest BCUT2D eigenvalue weighted by Crippen LogP contribution is -2.42. The van der Waals surface area contributed by atoms with E-state index in [0.29, 0.717) is 25.7 Å². The molecule has 0 aromatic carbocycles. The third kappa shape index (κ3) is 3.68. The molecule has 5 nitrogen and oxygen atoms in total. The van der Waals surface area contributed by atoms with Crippen molar-refractivity contribution < 1.29 is 9.53 Å². The van der Waals surface area contributed by atoms with Crippen molar-refractivity contribution in [1.29, 1.82) is 0 Å². The lowest BCUT2D eigenvalue weighted by molar-refractivity contribution is -0.122. The highest BCUT2D eigenvalue weighted by molar-refractivity contribution is 5.78. The zero-order chi connectivity index (χ0) is 13.7. The molecular weight excluding hydrogens is 242 g/mol. The van der Waals surface area contributed by atoms with E-state index in [-0.39, 0.29) is 5.91 Å². The van der Waals surface area contributed by atoms with Gasteiger partial charge in [-0.25, -0.2) is 0 Å². The summed E-state index contributed by atoms with van der Waals surface area (Å²) in [6, 6.07) is 0.574. The Morgan fingerprint density at radius 2 is 2.32 bits per heavy atom. The van der Waals surface area contributed by atoms with Gasteiger partial charge in [0.25, 0.3) is 0 Å². The number of ether oxygens (including phenoxy) is 1. The summed E-state index contributed by atoms with van der Waals surface area (Å²) in [5.74, 6) is 1.64. The molecule has 3 atom stereocenters. The van der Waals surface area contributed by atoms with Gasteiger partial charge in [-0.2, -0.15) is 0 Å². The van der Waals surface area contributed by atoms with E-state index in [1.54, 1.807) is 7.11 Å². The van der Waals surface area contributed by atoms with Crippen molar-refractivity contribution in [3.8, 4) is 0 Å². The van der Waals surface area contributed by atoms with Crippen LogP contribution in [-0.2, 0) is 9.53 Å². The molecule has 2 N–H and O–H groups in total. The number of rotatable bonds is 7. The van der Waals surface area contributed by atoms with Gasteiger partial charge < -0.3 is 15.4 Å². The number of fused-ring (bicyclic) bond motifs is 1. The highest BCUT2D eigenvalue weighted by Gasteiger charge is 2.43. The highest BCUT2D eigenvalue weighted by atomic mass is 16.5. The van der Waals surface area contributed by atoms with Crippen LogP contribution in [0.15, 0.2) is 0 Å². The lowest BCUT2D eigenvalue weighted by Gasteiger charge is -2.26. The van der Waals surface area contributed by atoms with Crippen molar-refractivity contribution in [3.63, 3.8) is 0 Å². The first kappa shape index (κ1) is 14.8. The molecule has 2 rings (SSSR count). The Morgan fingerprint density at radius 3 is 3.05 bits per heavy atom. The molecule has 1 amide bonds. The van der Waals surface area contributed by atoms with Gasteiger partial charge in [0.1, 0.15) is 0 Å². The summed E-state index contributed by atoms with van der Waals surface area (Å²) in [7, 11) is 1.69. The number of hydrogen-bond acceptors (Lipinski definition) is 4. The molecule has 0 bridgehead atoms. The van der Waals surface area contributed by atoms with Gasteiger partial charge in [-0.05, 0) is 37.8 Å². The summed E-state index contributed by atoms with van der Waals surface area (Å²) < 4.78 is 4.97. The molecule has 2 fully saturated rings. The summed E-state index contributed by atoms with van der Waals surface area (Å²) in [5, 5.41) is 6.45. The third-order valence-corrected chi connectivity index (χ3v) is 4.44. The largest absolute Gasteiger partial charge is 0.385 e. The molecule has 2 aliphatic heterocycles. The van der Waals surface area contributed by atoms with Gasteiger partial charge >= 0.3 is 0 Å². The van der Waals surface area contributed by atoms with Crippen LogP contribution in [0, 0.1) is 11.8 Å². The van der Waals surface area contributed by atoms with E-state index in [1.807, 2.05) is 0 Å². The van der Waals surface area contributed by atoms with Crippen LogP contribution < -0.4 is 10.6 Å². The van der Waals surface area contributed by atoms with Crippen molar-refractivity contribution in [1.82, 2.24) is 15.5 Å². The summed E-state index contributed by atoms with van der Waals surface area (Å²) in [5.41, 5.74) is 0. The number of carbonyl (C=O) groups excluding carboxylic acids is 1. The average molecular weight is 269 g/mol. The van der Waals surface area contributed by atoms with Crippen LogP contribution in [-0.4, -0.2) is 63.3 Å². The molecule has 0 aromatic heterocycles. The molecule has 2 aliphatic rings. The Labute approximate surface area is 116 Å². The molecule has 0 saturated carbocycles. The van der Waals surface area contributed by atoms with E-state index in [2.05, 4.69) is 22.5 Å². The second-order valence-electron chi connectivity index (χ2n) is 5.68. The van der Waals surface area contributed by atoms with Gasteiger partial charge in [0.15, 0.2) is 0 Å². The maximum Gasteiger partial charge on any atom is 0.234 e. The van der Waals surface area contributed by atoms with Crippen LogP contribution in [0.5, 0.6) is 0 Å². The molecule has 2 saturated heterocycles. The lowest BCUT2D eigenvalue weighted by atomic mass is 9.93. The summed E-state index contributed by atoms with van der Waals surface area (Å²) in [6.07, 6.45) is 2.02. The number of carbonyl (C=O) groups is 1. The molecule has 0 aromatic rings. The van der Waals surface area contributed by atoms with Crippen LogP contribution in [0.25, 0.3) is 0 Å². The summed E-state index contributed by atoms with van der Waals surface area (Å²) >= 11 is 0. The first-order chi connectivity index (χ1) is 9.26. The quantitative estimate of drug-likeness (QED) is 0.642. The fourth-order valence-corrected chi connectivity index (χ4v) is 3.54. The molecular formula is C14H27N3O2. The SMILES string of the molecule is CCC1C2CNCC2CN1CC(=O)NCCCOC. The van der Waals surface area contributed by atoms with Gasteiger partial charge in [0.2, 0.25) is 5.91 Å². The fraction of sp³-hybridized carbons (Fsp3) is 0.929. The van der Waals surface area contributed by atoms with Crippen molar-refractivity contribution >= 4 is 5.91 Å². The van der Waals surface area contributed by atoms with Crippen LogP contribution in [0.4, 0.5) is 0 Å². The highest BCUT2D eigenvalue weighted by Crippen LogP contribution is 2.33. The first-order valence-electron chi connectivity index (χ1n) is 7.46. The van der Waals surface area contributed by atoms with E-state index in [0.717, 1.165) is 44.3 Å². The minimum absolute atomic E-state index is 0.155. The van der Waals surface area contributed by atoms with E-state index in [4.69, 9.17) is 4.74 Å². The van der Waals surface area contributed by atoms with Gasteiger partial charge in [-0.1, -0.05) is 6.92 Å². The second-order valence-corrected chi connectivity index (χ2v) is 5.68. The smallest absolute Gasteiger partial charge is 0.234 e. The zero-order valence-electron chi connectivity index (χ0n) is 12.2. The topological polar surface area (TPSA) is 53.6 Å². The number of likely N-dealkylation sites (tertiary alicyclic amines) is 1. The van der Waals surface area contributed by atoms with E-state index in [1.165, 1.54) is 0 Å². The minimum atomic E-state index is 0.155. The molecule has 3 unspecified atom stereocenters. The van der Waals surface area contributed by atoms with Gasteiger partial charge in [0.05, 0.1) is 6.54 Å². The van der Waals surface area contributed by atoms with Gasteiger partial charge in [0, 0.05) is 32.8 Å². The van der Waals surface area contributed by atoms with Crippen LogP contribution in [0.3, 0.4) is 0 Å². The Balaban J connectivity index is 1.74. The predicted molar refractivity (Wildman–Crippen MR) is 75.0 cm³/mol. The molecule has 0 spiro atoms. The Hall–Kier alpha value is -0.650. The first-order valence-corrected chi connectivity index (χ1v) is 7.46. The maximum atomic E-state index is 11.9. The normalized spacial score (nSPS) is 30.5. The van der Waals surface area contributed by atoms with E-state index in [9.17, 15) is 4.79 Å². The Kier molecular flexibility index (Phi) is 5.60. The van der Waals surface area contributed by atoms with Gasteiger partial charge in [-0.3, -0.25) is 9.69 Å². The molecule has 0 aliphatic carbocycles. The standard InChI is InChI=1S/C14H27N3O2/c1-3-13-12-8-15-7-11(12)9-17(13)10-14(18)16-5-4-6-19-2/h11-13,15H,3-10H2,1-2H3,(H,16,18). The van der Waals surface area contributed by atoms with Crippen LogP contribution in [0.2, 0.25) is 0 Å². The second kappa shape index (κ2) is 7.22. The summed E-state index contributed by atoms with van der Waals surface area (Å²) in [4.78, 5) is 14.3. The molecule has 5 heteroatoms. The number of nitrogens with one attached hydrogen (secondary N) is 2. The van der Waals surface area contributed by atoms with Gasteiger partial charge in [-0.15, -0.1) is 0 Å². The Morgan fingerprint density at radius 1 is 1.47 bits per heavy atom. The van der Waals surface area contributed by atoms with E-state index >= 15 is 0 Å². The zero-order valence-corrected chi connectivity index (χ0v) is 12.2. The predicted octanol–water partition coefficient (Wildman–Crippen LogP) is 0.0689. The monoisotopic (exact) mass is 269 g/mol. The van der Waals surface area contributed by atoms with Crippen molar-refractivity contribution in [2.75, 3.05) is 46.4 Å². The van der Waals surface area contributed by atoms with Crippen LogP contribution in [0.1, 0.15) is 19.8 Å². The van der Waals surface area contributed by atoms with Crippen LogP contribution >= 0.6 is 0 Å². The number of amides is 1. The molecule has 2 heterocycles. The van der Waals surface area contributed by atoms with Crippen molar-refractivity contribution in [3.05, 3.63) is 0 Å². The van der Waals surface area contributed by atoms with E-state index < -0.39 is 0 Å². The molecule has 19 heavy (non-hydrogen) atoms. The average Bonchev–Trinajstić information content (AvgIpc) is 2.94. The summed E-state index contributed by atoms with van der Waals surface area (Å²) in [6.45, 7) is 7.51. The number of nitrogens with zero attached hydrogens (tertiary/aromatic N) is 1. The maximum absolute atomic E-state index is 11.9. The van der Waals surface area contributed by atoms with Crippen molar-refractivity contribution in [2.45, 2.75) is 25.8 Å². The Bertz CT molecular complexity index is 298. The molecule has 110 valence electrons. The number of methoxy groups -OCH3 is 1. The van der Waals surface area contributed by atoms with Crippen molar-refractivity contribution in [2.24, 2.45) is 11.8 Å². The minimum Gasteiger partial charge on any atom is -0.385 e.